The van der Waals surface area contributed by atoms with Crippen molar-refractivity contribution in [3.63, 3.8) is 0 Å². The number of esters is 1. The third-order valence-corrected chi connectivity index (χ3v) is 2.28. The van der Waals surface area contributed by atoms with Crippen LogP contribution in [-0.2, 0) is 11.8 Å². The van der Waals surface area contributed by atoms with Gasteiger partial charge < -0.3 is 4.74 Å². The van der Waals surface area contributed by atoms with Crippen LogP contribution in [0.3, 0.4) is 0 Å². The Kier molecular flexibility index (Phi) is 2.07. The van der Waals surface area contributed by atoms with Crippen molar-refractivity contribution in [2.45, 2.75) is 0 Å². The summed E-state index contributed by atoms with van der Waals surface area (Å²) in [5, 5.41) is 3.30. The molecule has 15 heavy (non-hydrogen) atoms. The van der Waals surface area contributed by atoms with Gasteiger partial charge in [0.25, 0.3) is 5.56 Å². The lowest BCUT2D eigenvalue weighted by Crippen LogP contribution is -2.10. The van der Waals surface area contributed by atoms with Crippen LogP contribution in [0.5, 0.6) is 0 Å². The molecule has 5 heteroatoms. The minimum atomic E-state index is -0.456. The molecule has 0 aliphatic rings. The molecule has 0 unspecified atom stereocenters. The molecule has 5 nitrogen and oxygen atoms in total. The van der Waals surface area contributed by atoms with E-state index in [4.69, 9.17) is 0 Å². The number of methoxy groups -OCH3 is 1. The summed E-state index contributed by atoms with van der Waals surface area (Å²) in [6.07, 6.45) is 0. The van der Waals surface area contributed by atoms with Crippen molar-refractivity contribution in [3.8, 4) is 0 Å². The number of carbonyl (C=O) groups is 1. The summed E-state index contributed by atoms with van der Waals surface area (Å²) >= 11 is 0. The second-order valence-electron chi connectivity index (χ2n) is 3.20. The highest BCUT2D eigenvalue weighted by molar-refractivity contribution is 6.02. The van der Waals surface area contributed by atoms with Crippen LogP contribution in [0.2, 0.25) is 0 Å². The molecular weight excluding hydrogens is 196 g/mol. The van der Waals surface area contributed by atoms with Gasteiger partial charge in [0, 0.05) is 7.05 Å². The van der Waals surface area contributed by atoms with E-state index in [0.717, 1.165) is 0 Å². The van der Waals surface area contributed by atoms with E-state index in [0.29, 0.717) is 16.5 Å². The minimum Gasteiger partial charge on any atom is -0.465 e. The van der Waals surface area contributed by atoms with Crippen molar-refractivity contribution in [2.75, 3.05) is 7.11 Å². The SMILES string of the molecule is COC(=O)c1cccc2c(=O)n(C)[nH]c12. The molecule has 0 aliphatic heterocycles. The lowest BCUT2D eigenvalue weighted by molar-refractivity contribution is 0.0602. The van der Waals surface area contributed by atoms with Gasteiger partial charge in [0.15, 0.2) is 0 Å². The average molecular weight is 206 g/mol. The highest BCUT2D eigenvalue weighted by Gasteiger charge is 2.13. The molecule has 0 bridgehead atoms. The van der Waals surface area contributed by atoms with Crippen LogP contribution in [0.25, 0.3) is 10.9 Å². The maximum Gasteiger partial charge on any atom is 0.340 e. The summed E-state index contributed by atoms with van der Waals surface area (Å²) in [6.45, 7) is 0. The molecule has 1 heterocycles. The molecule has 0 saturated heterocycles. The van der Waals surface area contributed by atoms with Crippen LogP contribution in [-0.4, -0.2) is 22.9 Å². The van der Waals surface area contributed by atoms with Gasteiger partial charge in [0.05, 0.1) is 23.6 Å². The molecular formula is C10H10N2O3. The molecule has 2 rings (SSSR count). The third-order valence-electron chi connectivity index (χ3n) is 2.28. The zero-order chi connectivity index (χ0) is 11.0. The standard InChI is InChI=1S/C10H10N2O3/c1-12-9(13)6-4-3-5-7(8(6)11-12)10(14)15-2/h3-5,11H,1-2H3. The molecule has 0 saturated carbocycles. The Morgan fingerprint density at radius 3 is 2.87 bits per heavy atom. The van der Waals surface area contributed by atoms with Gasteiger partial charge in [0.2, 0.25) is 0 Å². The van der Waals surface area contributed by atoms with Crippen LogP contribution in [0, 0.1) is 0 Å². The fraction of sp³-hybridized carbons (Fsp3) is 0.200. The molecule has 2 aromatic rings. The van der Waals surface area contributed by atoms with E-state index in [1.807, 2.05) is 0 Å². The van der Waals surface area contributed by atoms with Crippen molar-refractivity contribution in [1.29, 1.82) is 0 Å². The zero-order valence-electron chi connectivity index (χ0n) is 8.40. The van der Waals surface area contributed by atoms with Crippen molar-refractivity contribution >= 4 is 16.9 Å². The van der Waals surface area contributed by atoms with E-state index >= 15 is 0 Å². The summed E-state index contributed by atoms with van der Waals surface area (Å²) in [5.41, 5.74) is 0.723. The summed E-state index contributed by atoms with van der Waals surface area (Å²) in [4.78, 5) is 23.0. The zero-order valence-corrected chi connectivity index (χ0v) is 8.40. The molecule has 0 spiro atoms. The fourth-order valence-electron chi connectivity index (χ4n) is 1.53. The quantitative estimate of drug-likeness (QED) is 0.697. The summed E-state index contributed by atoms with van der Waals surface area (Å²) in [6, 6.07) is 4.94. The Bertz CT molecular complexity index is 580. The Balaban J connectivity index is 2.83. The molecule has 0 fully saturated rings. The topological polar surface area (TPSA) is 64.1 Å². The first kappa shape index (κ1) is 9.51. The number of carbonyl (C=O) groups excluding carboxylic acids is 1. The number of fused-ring (bicyclic) bond motifs is 1. The minimum absolute atomic E-state index is 0.157. The van der Waals surface area contributed by atoms with Gasteiger partial charge >= 0.3 is 5.97 Å². The number of para-hydroxylation sites is 1. The number of H-pyrrole nitrogens is 1. The lowest BCUT2D eigenvalue weighted by Gasteiger charge is -1.99. The summed E-state index contributed by atoms with van der Waals surface area (Å²) < 4.78 is 5.95. The lowest BCUT2D eigenvalue weighted by atomic mass is 10.1. The second-order valence-corrected chi connectivity index (χ2v) is 3.20. The average Bonchev–Trinajstić information content (AvgIpc) is 2.54. The molecule has 78 valence electrons. The van der Waals surface area contributed by atoms with Gasteiger partial charge in [-0.05, 0) is 12.1 Å². The van der Waals surface area contributed by atoms with Crippen LogP contribution in [0.15, 0.2) is 23.0 Å². The van der Waals surface area contributed by atoms with Gasteiger partial charge in [-0.3, -0.25) is 14.6 Å². The first-order valence-corrected chi connectivity index (χ1v) is 4.41. The Labute approximate surface area is 85.3 Å². The van der Waals surface area contributed by atoms with Crippen molar-refractivity contribution in [1.82, 2.24) is 9.78 Å². The molecule has 0 amide bonds. The summed E-state index contributed by atoms with van der Waals surface area (Å²) in [5.74, 6) is -0.456. The first-order valence-electron chi connectivity index (χ1n) is 4.41. The number of aromatic amines is 1. The van der Waals surface area contributed by atoms with Crippen molar-refractivity contribution in [3.05, 3.63) is 34.1 Å². The highest BCUT2D eigenvalue weighted by atomic mass is 16.5. The molecule has 0 atom stereocenters. The number of aromatic nitrogens is 2. The molecule has 0 radical (unpaired) electrons. The number of hydrogen-bond donors (Lipinski definition) is 1. The number of hydrogen-bond acceptors (Lipinski definition) is 3. The monoisotopic (exact) mass is 206 g/mol. The molecule has 1 N–H and O–H groups in total. The van der Waals surface area contributed by atoms with E-state index in [9.17, 15) is 9.59 Å². The molecule has 0 aliphatic carbocycles. The second kappa shape index (κ2) is 3.27. The number of benzene rings is 1. The first-order chi connectivity index (χ1) is 7.15. The number of nitrogens with one attached hydrogen (secondary N) is 1. The largest absolute Gasteiger partial charge is 0.465 e. The van der Waals surface area contributed by atoms with E-state index < -0.39 is 5.97 Å². The van der Waals surface area contributed by atoms with Crippen LogP contribution in [0.4, 0.5) is 0 Å². The number of ether oxygens (including phenoxy) is 1. The predicted molar refractivity (Wildman–Crippen MR) is 54.9 cm³/mol. The number of nitrogens with zero attached hydrogens (tertiary/aromatic N) is 1. The van der Waals surface area contributed by atoms with Crippen LogP contribution >= 0.6 is 0 Å². The predicted octanol–water partition coefficient (Wildman–Crippen LogP) is 0.653. The smallest absolute Gasteiger partial charge is 0.340 e. The Morgan fingerprint density at radius 1 is 1.47 bits per heavy atom. The van der Waals surface area contributed by atoms with Gasteiger partial charge in [0.1, 0.15) is 0 Å². The van der Waals surface area contributed by atoms with E-state index in [1.165, 1.54) is 11.8 Å². The number of aryl methyl sites for hydroxylation is 1. The number of rotatable bonds is 1. The molecule has 1 aromatic heterocycles. The maximum absolute atomic E-state index is 11.6. The van der Waals surface area contributed by atoms with Crippen LogP contribution < -0.4 is 5.56 Å². The van der Waals surface area contributed by atoms with Gasteiger partial charge in [-0.2, -0.15) is 0 Å². The fourth-order valence-corrected chi connectivity index (χ4v) is 1.53. The van der Waals surface area contributed by atoms with E-state index in [-0.39, 0.29) is 5.56 Å². The van der Waals surface area contributed by atoms with Crippen molar-refractivity contribution in [2.24, 2.45) is 7.05 Å². The highest BCUT2D eigenvalue weighted by Crippen LogP contribution is 2.13. The van der Waals surface area contributed by atoms with E-state index in [1.54, 1.807) is 25.2 Å². The van der Waals surface area contributed by atoms with Gasteiger partial charge in [-0.1, -0.05) is 6.07 Å². The summed E-state index contributed by atoms with van der Waals surface area (Å²) in [7, 11) is 2.91. The molecule has 1 aromatic carbocycles. The van der Waals surface area contributed by atoms with Crippen molar-refractivity contribution < 1.29 is 9.53 Å². The van der Waals surface area contributed by atoms with Crippen LogP contribution in [0.1, 0.15) is 10.4 Å². The Morgan fingerprint density at radius 2 is 2.20 bits per heavy atom. The normalized spacial score (nSPS) is 10.5. The van der Waals surface area contributed by atoms with Gasteiger partial charge in [-0.25, -0.2) is 4.79 Å². The Hall–Kier alpha value is -2.04. The van der Waals surface area contributed by atoms with E-state index in [2.05, 4.69) is 9.84 Å². The third kappa shape index (κ3) is 1.32. The van der Waals surface area contributed by atoms with Gasteiger partial charge in [-0.15, -0.1) is 0 Å². The maximum atomic E-state index is 11.6.